The van der Waals surface area contributed by atoms with Gasteiger partial charge >= 0.3 is 0 Å². The van der Waals surface area contributed by atoms with E-state index in [0.717, 1.165) is 17.9 Å². The molecular weight excluding hydrogens is 196 g/mol. The first-order valence-corrected chi connectivity index (χ1v) is 7.23. The van der Waals surface area contributed by atoms with Gasteiger partial charge in [0.25, 0.3) is 0 Å². The van der Waals surface area contributed by atoms with E-state index in [1.165, 1.54) is 58.2 Å². The van der Waals surface area contributed by atoms with Gasteiger partial charge in [0, 0.05) is 12.6 Å². The van der Waals surface area contributed by atoms with Gasteiger partial charge in [-0.15, -0.1) is 0 Å². The lowest BCUT2D eigenvalue weighted by atomic mass is 9.92. The molecule has 0 radical (unpaired) electrons. The molecule has 2 heteroatoms. The second kappa shape index (κ2) is 6.02. The molecule has 1 saturated heterocycles. The van der Waals surface area contributed by atoms with Gasteiger partial charge in [0.2, 0.25) is 0 Å². The molecule has 1 N–H and O–H groups in total. The molecule has 0 spiro atoms. The molecule has 0 aromatic rings. The Morgan fingerprint density at radius 3 is 2.38 bits per heavy atom. The van der Waals surface area contributed by atoms with Crippen LogP contribution in [-0.4, -0.2) is 37.6 Å². The van der Waals surface area contributed by atoms with E-state index in [2.05, 4.69) is 24.2 Å². The molecule has 2 aliphatic rings. The number of hydrogen-bond acceptors (Lipinski definition) is 2. The number of nitrogens with zero attached hydrogens (tertiary/aromatic N) is 1. The van der Waals surface area contributed by atoms with E-state index in [9.17, 15) is 0 Å². The summed E-state index contributed by atoms with van der Waals surface area (Å²) in [7, 11) is 2.13. The first-order chi connectivity index (χ1) is 7.83. The smallest absolute Gasteiger partial charge is 0.0220 e. The van der Waals surface area contributed by atoms with Crippen molar-refractivity contribution in [1.29, 1.82) is 0 Å². The average molecular weight is 224 g/mol. The van der Waals surface area contributed by atoms with Gasteiger partial charge in [0.05, 0.1) is 0 Å². The van der Waals surface area contributed by atoms with Gasteiger partial charge in [0.1, 0.15) is 0 Å². The predicted octanol–water partition coefficient (Wildman–Crippen LogP) is 2.50. The van der Waals surface area contributed by atoms with Crippen molar-refractivity contribution in [2.24, 2.45) is 11.8 Å². The van der Waals surface area contributed by atoms with E-state index in [1.807, 2.05) is 0 Å². The monoisotopic (exact) mass is 224 g/mol. The molecular formula is C14H28N2. The lowest BCUT2D eigenvalue weighted by molar-refractivity contribution is 0.160. The van der Waals surface area contributed by atoms with E-state index in [0.29, 0.717) is 0 Å². The summed E-state index contributed by atoms with van der Waals surface area (Å²) < 4.78 is 0. The minimum atomic E-state index is 0.766. The van der Waals surface area contributed by atoms with Crippen molar-refractivity contribution in [3.63, 3.8) is 0 Å². The zero-order valence-corrected chi connectivity index (χ0v) is 11.0. The summed E-state index contributed by atoms with van der Waals surface area (Å²) in [4.78, 5) is 2.69. The van der Waals surface area contributed by atoms with E-state index in [1.54, 1.807) is 0 Å². The molecule has 1 aliphatic carbocycles. The van der Waals surface area contributed by atoms with Crippen LogP contribution in [0.5, 0.6) is 0 Å². The van der Waals surface area contributed by atoms with E-state index in [-0.39, 0.29) is 0 Å². The van der Waals surface area contributed by atoms with Gasteiger partial charge in [0.15, 0.2) is 0 Å². The highest BCUT2D eigenvalue weighted by molar-refractivity contribution is 4.88. The van der Waals surface area contributed by atoms with Crippen LogP contribution < -0.4 is 5.32 Å². The van der Waals surface area contributed by atoms with Crippen molar-refractivity contribution in [3.8, 4) is 0 Å². The number of likely N-dealkylation sites (N-methyl/N-ethyl adjacent to an activating group) is 1. The van der Waals surface area contributed by atoms with Crippen LogP contribution in [0.15, 0.2) is 0 Å². The molecule has 2 nitrogen and oxygen atoms in total. The van der Waals surface area contributed by atoms with Gasteiger partial charge in [-0.2, -0.15) is 0 Å². The minimum Gasteiger partial charge on any atom is -0.315 e. The highest BCUT2D eigenvalue weighted by Crippen LogP contribution is 2.33. The minimum absolute atomic E-state index is 0.766. The first kappa shape index (κ1) is 12.4. The lowest BCUT2D eigenvalue weighted by Gasteiger charge is -2.34. The number of piperidine rings is 1. The third kappa shape index (κ3) is 3.46. The molecule has 2 rings (SSSR count). The topological polar surface area (TPSA) is 15.3 Å². The molecule has 1 aliphatic heterocycles. The summed E-state index contributed by atoms with van der Waals surface area (Å²) in [5.41, 5.74) is 0. The summed E-state index contributed by atoms with van der Waals surface area (Å²) in [5, 5.41) is 3.51. The number of likely N-dealkylation sites (tertiary alicyclic amines) is 1. The molecule has 0 amide bonds. The van der Waals surface area contributed by atoms with Crippen molar-refractivity contribution < 1.29 is 0 Å². The van der Waals surface area contributed by atoms with Gasteiger partial charge in [-0.3, -0.25) is 0 Å². The summed E-state index contributed by atoms with van der Waals surface area (Å²) >= 11 is 0. The molecule has 0 bridgehead atoms. The van der Waals surface area contributed by atoms with Crippen LogP contribution in [-0.2, 0) is 0 Å². The zero-order chi connectivity index (χ0) is 11.4. The Hall–Kier alpha value is -0.0800. The van der Waals surface area contributed by atoms with Crippen molar-refractivity contribution in [3.05, 3.63) is 0 Å². The normalized spacial score (nSPS) is 25.9. The Labute approximate surface area is 101 Å². The molecule has 1 saturated carbocycles. The van der Waals surface area contributed by atoms with Crippen LogP contribution >= 0.6 is 0 Å². The van der Waals surface area contributed by atoms with Crippen LogP contribution in [0.2, 0.25) is 0 Å². The predicted molar refractivity (Wildman–Crippen MR) is 69.6 cm³/mol. The number of hydrogen-bond donors (Lipinski definition) is 1. The van der Waals surface area contributed by atoms with Crippen molar-refractivity contribution in [2.45, 2.75) is 51.5 Å². The maximum atomic E-state index is 3.51. The van der Waals surface area contributed by atoms with Crippen LogP contribution in [0.4, 0.5) is 0 Å². The SMILES string of the molecule is CCCC1CCN(CC(NC)C2CC2)CC1. The molecule has 0 aromatic heterocycles. The molecule has 1 atom stereocenters. The van der Waals surface area contributed by atoms with E-state index < -0.39 is 0 Å². The number of nitrogens with one attached hydrogen (secondary N) is 1. The molecule has 16 heavy (non-hydrogen) atoms. The molecule has 1 heterocycles. The van der Waals surface area contributed by atoms with Crippen molar-refractivity contribution in [2.75, 3.05) is 26.7 Å². The second-order valence-corrected chi connectivity index (χ2v) is 5.77. The lowest BCUT2D eigenvalue weighted by Crippen LogP contribution is -2.44. The fourth-order valence-electron chi connectivity index (χ4n) is 3.12. The zero-order valence-electron chi connectivity index (χ0n) is 11.0. The average Bonchev–Trinajstić information content (AvgIpc) is 3.12. The highest BCUT2D eigenvalue weighted by Gasteiger charge is 2.31. The molecule has 1 unspecified atom stereocenters. The second-order valence-electron chi connectivity index (χ2n) is 5.77. The summed E-state index contributed by atoms with van der Waals surface area (Å²) in [6.07, 6.45) is 8.61. The Balaban J connectivity index is 1.67. The fraction of sp³-hybridized carbons (Fsp3) is 1.00. The Kier molecular flexibility index (Phi) is 4.66. The Morgan fingerprint density at radius 2 is 1.88 bits per heavy atom. The van der Waals surface area contributed by atoms with Crippen LogP contribution in [0.1, 0.15) is 45.4 Å². The van der Waals surface area contributed by atoms with Crippen LogP contribution in [0.3, 0.4) is 0 Å². The molecule has 94 valence electrons. The first-order valence-electron chi connectivity index (χ1n) is 7.23. The quantitative estimate of drug-likeness (QED) is 0.746. The van der Waals surface area contributed by atoms with Crippen molar-refractivity contribution >= 4 is 0 Å². The van der Waals surface area contributed by atoms with E-state index >= 15 is 0 Å². The molecule has 2 fully saturated rings. The highest BCUT2D eigenvalue weighted by atomic mass is 15.2. The van der Waals surface area contributed by atoms with Gasteiger partial charge in [-0.25, -0.2) is 0 Å². The third-order valence-corrected chi connectivity index (χ3v) is 4.42. The Morgan fingerprint density at radius 1 is 1.19 bits per heavy atom. The van der Waals surface area contributed by atoms with Crippen molar-refractivity contribution in [1.82, 2.24) is 10.2 Å². The summed E-state index contributed by atoms with van der Waals surface area (Å²) in [6.45, 7) is 6.29. The van der Waals surface area contributed by atoms with Gasteiger partial charge in [-0.1, -0.05) is 19.8 Å². The van der Waals surface area contributed by atoms with Crippen LogP contribution in [0.25, 0.3) is 0 Å². The largest absolute Gasteiger partial charge is 0.315 e. The van der Waals surface area contributed by atoms with E-state index in [4.69, 9.17) is 0 Å². The number of rotatable bonds is 6. The maximum Gasteiger partial charge on any atom is 0.0220 e. The standard InChI is InChI=1S/C14H28N2/c1-3-4-12-7-9-16(10-8-12)11-14(15-2)13-5-6-13/h12-15H,3-11H2,1-2H3. The summed E-state index contributed by atoms with van der Waals surface area (Å²) in [5.74, 6) is 2.01. The van der Waals surface area contributed by atoms with Gasteiger partial charge < -0.3 is 10.2 Å². The molecule has 0 aromatic carbocycles. The Bertz CT molecular complexity index is 193. The summed E-state index contributed by atoms with van der Waals surface area (Å²) in [6, 6.07) is 0.766. The van der Waals surface area contributed by atoms with Crippen LogP contribution in [0, 0.1) is 11.8 Å². The maximum absolute atomic E-state index is 3.51. The third-order valence-electron chi connectivity index (χ3n) is 4.42. The van der Waals surface area contributed by atoms with Gasteiger partial charge in [-0.05, 0) is 57.7 Å². The fourth-order valence-corrected chi connectivity index (χ4v) is 3.12.